The van der Waals surface area contributed by atoms with Crippen LogP contribution < -0.4 is 14.4 Å². The Bertz CT molecular complexity index is 1510. The SMILES string of the molecule is COc1ccc(S(=O)(=O)N(CC(=O)N(Cc2ccccc2Cl)[C@@H](C)C(=O)NC(C)(C)C)c2ccc(C)cc2)cc1Br. The van der Waals surface area contributed by atoms with Crippen LogP contribution in [0.5, 0.6) is 5.75 Å². The molecule has 0 aromatic heterocycles. The number of ether oxygens (including phenoxy) is 1. The molecule has 0 saturated carbocycles. The van der Waals surface area contributed by atoms with Crippen molar-refractivity contribution in [3.63, 3.8) is 0 Å². The van der Waals surface area contributed by atoms with Gasteiger partial charge in [0.15, 0.2) is 0 Å². The van der Waals surface area contributed by atoms with Crippen molar-refractivity contribution in [2.45, 2.75) is 57.6 Å². The van der Waals surface area contributed by atoms with Crippen LogP contribution in [0.2, 0.25) is 5.02 Å². The maximum absolute atomic E-state index is 14.0. The molecule has 0 radical (unpaired) electrons. The second-order valence-electron chi connectivity index (χ2n) is 10.7. The van der Waals surface area contributed by atoms with E-state index in [1.165, 1.54) is 30.2 Å². The zero-order chi connectivity index (χ0) is 30.5. The van der Waals surface area contributed by atoms with E-state index >= 15 is 0 Å². The van der Waals surface area contributed by atoms with Crippen molar-refractivity contribution in [2.75, 3.05) is 18.0 Å². The predicted molar refractivity (Wildman–Crippen MR) is 166 cm³/mol. The molecule has 3 aromatic carbocycles. The first kappa shape index (κ1) is 32.4. The molecule has 8 nitrogen and oxygen atoms in total. The summed E-state index contributed by atoms with van der Waals surface area (Å²) in [7, 11) is -2.74. The van der Waals surface area contributed by atoms with E-state index in [9.17, 15) is 18.0 Å². The number of amides is 2. The highest BCUT2D eigenvalue weighted by Crippen LogP contribution is 2.31. The van der Waals surface area contributed by atoms with Gasteiger partial charge < -0.3 is 15.0 Å². The number of carbonyl (C=O) groups excluding carboxylic acids is 2. The monoisotopic (exact) mass is 663 g/mol. The van der Waals surface area contributed by atoms with Crippen molar-refractivity contribution in [2.24, 2.45) is 0 Å². The molecule has 41 heavy (non-hydrogen) atoms. The third-order valence-corrected chi connectivity index (χ3v) is 9.03. The number of sulfonamides is 1. The van der Waals surface area contributed by atoms with Crippen molar-refractivity contribution in [1.29, 1.82) is 0 Å². The van der Waals surface area contributed by atoms with E-state index in [-0.39, 0.29) is 17.3 Å². The minimum absolute atomic E-state index is 0.00705. The molecule has 0 fully saturated rings. The summed E-state index contributed by atoms with van der Waals surface area (Å²) in [5.74, 6) is -0.480. The molecule has 0 aliphatic rings. The van der Waals surface area contributed by atoms with Crippen LogP contribution in [0.4, 0.5) is 5.69 Å². The highest BCUT2D eigenvalue weighted by atomic mass is 79.9. The molecule has 0 saturated heterocycles. The normalized spacial score (nSPS) is 12.4. The maximum atomic E-state index is 14.0. The highest BCUT2D eigenvalue weighted by molar-refractivity contribution is 9.10. The smallest absolute Gasteiger partial charge is 0.264 e. The molecule has 1 atom stereocenters. The fourth-order valence-electron chi connectivity index (χ4n) is 4.04. The largest absolute Gasteiger partial charge is 0.496 e. The molecule has 3 rings (SSSR count). The second kappa shape index (κ2) is 13.3. The number of carbonyl (C=O) groups is 2. The summed E-state index contributed by atoms with van der Waals surface area (Å²) in [5.41, 5.74) is 1.32. The van der Waals surface area contributed by atoms with Gasteiger partial charge in [0.2, 0.25) is 11.8 Å². The molecule has 2 amide bonds. The number of methoxy groups -OCH3 is 1. The van der Waals surface area contributed by atoms with Gasteiger partial charge in [-0.05, 0) is 92.5 Å². The molecule has 0 spiro atoms. The Morgan fingerprint density at radius 3 is 2.24 bits per heavy atom. The summed E-state index contributed by atoms with van der Waals surface area (Å²) in [6.45, 7) is 8.49. The average Bonchev–Trinajstić information content (AvgIpc) is 2.90. The third kappa shape index (κ3) is 8.24. The molecule has 1 N–H and O–H groups in total. The van der Waals surface area contributed by atoms with Crippen LogP contribution in [-0.4, -0.2) is 50.4 Å². The van der Waals surface area contributed by atoms with Gasteiger partial charge in [0.05, 0.1) is 22.2 Å². The van der Waals surface area contributed by atoms with Crippen LogP contribution in [0.15, 0.2) is 76.1 Å². The van der Waals surface area contributed by atoms with Crippen LogP contribution >= 0.6 is 27.5 Å². The predicted octanol–water partition coefficient (Wildman–Crippen LogP) is 5.95. The Balaban J connectivity index is 2.07. The molecule has 0 bridgehead atoms. The Labute approximate surface area is 255 Å². The van der Waals surface area contributed by atoms with Gasteiger partial charge in [0.25, 0.3) is 10.0 Å². The van der Waals surface area contributed by atoms with Gasteiger partial charge in [0, 0.05) is 17.1 Å². The van der Waals surface area contributed by atoms with E-state index in [2.05, 4.69) is 21.2 Å². The van der Waals surface area contributed by atoms with E-state index in [0.717, 1.165) is 9.87 Å². The third-order valence-electron chi connectivity index (χ3n) is 6.28. The number of nitrogens with one attached hydrogen (secondary N) is 1. The minimum Gasteiger partial charge on any atom is -0.496 e. The lowest BCUT2D eigenvalue weighted by atomic mass is 10.1. The molecular formula is C30H35BrClN3O5S. The molecule has 0 unspecified atom stereocenters. The fraction of sp³-hybridized carbons (Fsp3) is 0.333. The summed E-state index contributed by atoms with van der Waals surface area (Å²) in [4.78, 5) is 28.6. The zero-order valence-corrected chi connectivity index (χ0v) is 27.1. The Morgan fingerprint density at radius 1 is 1.05 bits per heavy atom. The van der Waals surface area contributed by atoms with E-state index in [0.29, 0.717) is 26.5 Å². The van der Waals surface area contributed by atoms with Gasteiger partial charge in [-0.1, -0.05) is 47.5 Å². The summed E-state index contributed by atoms with van der Waals surface area (Å²) in [6.07, 6.45) is 0. The summed E-state index contributed by atoms with van der Waals surface area (Å²) in [6, 6.07) is 17.3. The topological polar surface area (TPSA) is 96.0 Å². The van der Waals surface area contributed by atoms with Gasteiger partial charge >= 0.3 is 0 Å². The van der Waals surface area contributed by atoms with E-state index in [4.69, 9.17) is 16.3 Å². The minimum atomic E-state index is -4.23. The number of rotatable bonds is 10. The van der Waals surface area contributed by atoms with Crippen LogP contribution in [0.25, 0.3) is 0 Å². The standard InChI is InChI=1S/C30H35BrClN3O5S/c1-20-11-13-23(14-12-20)35(41(38,39)24-15-16-27(40-6)25(31)17-24)19-28(36)34(18-22-9-7-8-10-26(22)32)21(2)29(37)33-30(3,4)5/h7-17,21H,18-19H2,1-6H3,(H,33,37)/t21-/m0/s1. The van der Waals surface area contributed by atoms with Gasteiger partial charge in [-0.25, -0.2) is 8.42 Å². The van der Waals surface area contributed by atoms with Crippen molar-refractivity contribution in [3.8, 4) is 5.75 Å². The van der Waals surface area contributed by atoms with Gasteiger partial charge in [-0.2, -0.15) is 0 Å². The molecule has 0 heterocycles. The number of aryl methyl sites for hydroxylation is 1. The first-order chi connectivity index (χ1) is 19.1. The van der Waals surface area contributed by atoms with Crippen LogP contribution in [0, 0.1) is 6.92 Å². The summed E-state index contributed by atoms with van der Waals surface area (Å²) >= 11 is 9.76. The van der Waals surface area contributed by atoms with Crippen LogP contribution in [0.3, 0.4) is 0 Å². The average molecular weight is 665 g/mol. The first-order valence-electron chi connectivity index (χ1n) is 12.9. The van der Waals surface area contributed by atoms with Crippen LogP contribution in [0.1, 0.15) is 38.8 Å². The van der Waals surface area contributed by atoms with Crippen molar-refractivity contribution in [1.82, 2.24) is 10.2 Å². The number of nitrogens with zero attached hydrogens (tertiary/aromatic N) is 2. The van der Waals surface area contributed by atoms with Crippen molar-refractivity contribution < 1.29 is 22.7 Å². The molecule has 0 aliphatic heterocycles. The number of halogens is 2. The Hall–Kier alpha value is -3.08. The number of anilines is 1. The number of hydrogen-bond donors (Lipinski definition) is 1. The molecule has 0 aliphatic carbocycles. The highest BCUT2D eigenvalue weighted by Gasteiger charge is 2.34. The van der Waals surface area contributed by atoms with Gasteiger partial charge in [0.1, 0.15) is 18.3 Å². The summed E-state index contributed by atoms with van der Waals surface area (Å²) < 4.78 is 34.8. The molecule has 220 valence electrons. The van der Waals surface area contributed by atoms with E-state index in [1.807, 2.05) is 27.7 Å². The quantitative estimate of drug-likeness (QED) is 0.289. The molecule has 11 heteroatoms. The first-order valence-corrected chi connectivity index (χ1v) is 15.5. The second-order valence-corrected chi connectivity index (χ2v) is 13.8. The van der Waals surface area contributed by atoms with Gasteiger partial charge in [-0.15, -0.1) is 0 Å². The molecular weight excluding hydrogens is 630 g/mol. The van der Waals surface area contributed by atoms with Crippen LogP contribution in [-0.2, 0) is 26.2 Å². The van der Waals surface area contributed by atoms with Crippen molar-refractivity contribution in [3.05, 3.63) is 87.4 Å². The van der Waals surface area contributed by atoms with E-state index < -0.39 is 34.1 Å². The Kier molecular flexibility index (Phi) is 10.5. The number of benzene rings is 3. The zero-order valence-electron chi connectivity index (χ0n) is 23.9. The Morgan fingerprint density at radius 2 is 1.68 bits per heavy atom. The van der Waals surface area contributed by atoms with Crippen molar-refractivity contribution >= 4 is 55.1 Å². The maximum Gasteiger partial charge on any atom is 0.264 e. The van der Waals surface area contributed by atoms with Gasteiger partial charge in [-0.3, -0.25) is 13.9 Å². The number of hydrogen-bond acceptors (Lipinski definition) is 5. The molecule has 3 aromatic rings. The summed E-state index contributed by atoms with van der Waals surface area (Å²) in [5, 5.41) is 3.33. The lowest BCUT2D eigenvalue weighted by Crippen LogP contribution is -2.54. The lowest BCUT2D eigenvalue weighted by Gasteiger charge is -2.33. The van der Waals surface area contributed by atoms with E-state index in [1.54, 1.807) is 55.5 Å². The lowest BCUT2D eigenvalue weighted by molar-refractivity contribution is -0.140. The fourth-order valence-corrected chi connectivity index (χ4v) is 6.37.